The summed E-state index contributed by atoms with van der Waals surface area (Å²) in [4.78, 5) is 23.7. The largest absolute Gasteiger partial charge is 0.463 e. The molecule has 0 radical (unpaired) electrons. The van der Waals surface area contributed by atoms with Crippen LogP contribution in [0.1, 0.15) is 142 Å². The first-order valence-corrected chi connectivity index (χ1v) is 16.1. The number of carbonyl (C=O) groups is 2. The molecule has 0 aromatic carbocycles. The molecule has 0 spiro atoms. The van der Waals surface area contributed by atoms with Crippen LogP contribution in [-0.2, 0) is 19.1 Å². The van der Waals surface area contributed by atoms with Crippen LogP contribution < -0.4 is 0 Å². The number of aliphatic hydroxyl groups is 2. The van der Waals surface area contributed by atoms with Crippen molar-refractivity contribution in [2.45, 2.75) is 154 Å². The van der Waals surface area contributed by atoms with Gasteiger partial charge in [0.15, 0.2) is 0 Å². The third kappa shape index (κ3) is 29.1. The maximum Gasteiger partial charge on any atom is 0.305 e. The smallest absolute Gasteiger partial charge is 0.305 e. The zero-order valence-corrected chi connectivity index (χ0v) is 25.7. The Bertz CT molecular complexity index is 669. The highest BCUT2D eigenvalue weighted by atomic mass is 16.6. The van der Waals surface area contributed by atoms with Crippen LogP contribution in [0, 0.1) is 0 Å². The van der Waals surface area contributed by atoms with Crippen molar-refractivity contribution in [1.29, 1.82) is 0 Å². The third-order valence-corrected chi connectivity index (χ3v) is 6.74. The Morgan fingerprint density at radius 2 is 1.12 bits per heavy atom. The Hall–Kier alpha value is -1.92. The van der Waals surface area contributed by atoms with E-state index in [0.717, 1.165) is 70.6 Å². The number of unbranched alkanes of at least 4 members (excludes halogenated alkanes) is 13. The van der Waals surface area contributed by atoms with Crippen LogP contribution in [-0.4, -0.2) is 47.6 Å². The molecular formula is C34H60O6. The lowest BCUT2D eigenvalue weighted by Crippen LogP contribution is -2.25. The van der Waals surface area contributed by atoms with Crippen molar-refractivity contribution in [3.8, 4) is 0 Å². The van der Waals surface area contributed by atoms with Crippen LogP contribution in [0.15, 0.2) is 36.5 Å². The zero-order chi connectivity index (χ0) is 29.5. The molecule has 0 heterocycles. The van der Waals surface area contributed by atoms with Gasteiger partial charge in [0.25, 0.3) is 0 Å². The van der Waals surface area contributed by atoms with Gasteiger partial charge >= 0.3 is 11.9 Å². The van der Waals surface area contributed by atoms with E-state index in [-0.39, 0.29) is 25.2 Å². The van der Waals surface area contributed by atoms with Crippen LogP contribution in [0.3, 0.4) is 0 Å². The van der Waals surface area contributed by atoms with Gasteiger partial charge in [-0.05, 0) is 32.1 Å². The average molecular weight is 565 g/mol. The molecule has 0 saturated carbocycles. The van der Waals surface area contributed by atoms with Gasteiger partial charge in [-0.1, -0.05) is 134 Å². The van der Waals surface area contributed by atoms with Gasteiger partial charge < -0.3 is 19.7 Å². The van der Waals surface area contributed by atoms with Crippen LogP contribution in [0.2, 0.25) is 0 Å². The molecule has 232 valence electrons. The molecule has 0 fully saturated rings. The van der Waals surface area contributed by atoms with Crippen LogP contribution in [0.4, 0.5) is 0 Å². The molecule has 0 saturated heterocycles. The Kier molecular flexibility index (Phi) is 28.6. The van der Waals surface area contributed by atoms with E-state index in [0.29, 0.717) is 12.8 Å². The van der Waals surface area contributed by atoms with Gasteiger partial charge in [0.05, 0.1) is 6.10 Å². The monoisotopic (exact) mass is 564 g/mol. The zero-order valence-electron chi connectivity index (χ0n) is 25.7. The number of carbonyl (C=O) groups excluding carboxylic acids is 2. The first kappa shape index (κ1) is 38.1. The minimum Gasteiger partial charge on any atom is -0.463 e. The maximum atomic E-state index is 11.9. The number of esters is 2. The van der Waals surface area contributed by atoms with Gasteiger partial charge in [-0.25, -0.2) is 0 Å². The molecule has 0 bridgehead atoms. The highest BCUT2D eigenvalue weighted by Gasteiger charge is 2.12. The number of allylic oxidation sites excluding steroid dienone is 5. The maximum absolute atomic E-state index is 11.9. The quantitative estimate of drug-likeness (QED) is 0.0430. The van der Waals surface area contributed by atoms with Gasteiger partial charge in [-0.3, -0.25) is 9.59 Å². The summed E-state index contributed by atoms with van der Waals surface area (Å²) < 4.78 is 10.2. The molecule has 40 heavy (non-hydrogen) atoms. The van der Waals surface area contributed by atoms with Crippen LogP contribution in [0.25, 0.3) is 0 Å². The predicted octanol–water partition coefficient (Wildman–Crippen LogP) is 8.31. The van der Waals surface area contributed by atoms with E-state index in [2.05, 4.69) is 32.1 Å². The minimum atomic E-state index is -0.991. The van der Waals surface area contributed by atoms with Crippen molar-refractivity contribution >= 4 is 11.9 Å². The molecule has 0 aliphatic heterocycles. The number of hydrogen-bond acceptors (Lipinski definition) is 6. The van der Waals surface area contributed by atoms with Crippen molar-refractivity contribution in [3.63, 3.8) is 0 Å². The lowest BCUT2D eigenvalue weighted by atomic mass is 10.1. The Morgan fingerprint density at radius 3 is 1.65 bits per heavy atom. The van der Waals surface area contributed by atoms with E-state index < -0.39 is 12.2 Å². The van der Waals surface area contributed by atoms with E-state index in [4.69, 9.17) is 9.47 Å². The van der Waals surface area contributed by atoms with E-state index in [9.17, 15) is 19.8 Å². The first-order valence-electron chi connectivity index (χ1n) is 16.1. The molecule has 1 unspecified atom stereocenters. The molecule has 6 nitrogen and oxygen atoms in total. The standard InChI is InChI=1S/C34H60O6/c1-3-5-7-9-11-12-13-15-19-23-27-33(37)39-29-32(36)30-40-34(38)28-24-20-16-18-22-26-31(35)25-21-17-14-10-8-6-4-2/h6,8,14,17,21,25,31-32,35-36H,3-5,7,9-13,15-16,18-20,22-24,26-30H2,1-2H3/b8-6+,17-14+,25-21+/t31?,32-/m0/s1. The van der Waals surface area contributed by atoms with Crippen molar-refractivity contribution in [3.05, 3.63) is 36.5 Å². The van der Waals surface area contributed by atoms with Crippen molar-refractivity contribution < 1.29 is 29.3 Å². The summed E-state index contributed by atoms with van der Waals surface area (Å²) in [5.41, 5.74) is 0. The van der Waals surface area contributed by atoms with E-state index in [1.54, 1.807) is 0 Å². The second-order valence-electron chi connectivity index (χ2n) is 10.8. The highest BCUT2D eigenvalue weighted by molar-refractivity contribution is 5.69. The number of aliphatic hydroxyl groups excluding tert-OH is 2. The normalized spacial score (nSPS) is 13.4. The Labute approximate surface area is 245 Å². The Balaban J connectivity index is 3.57. The summed E-state index contributed by atoms with van der Waals surface area (Å²) in [6.07, 6.45) is 30.7. The van der Waals surface area contributed by atoms with Gasteiger partial charge in [0, 0.05) is 12.8 Å². The fourth-order valence-electron chi connectivity index (χ4n) is 4.27. The van der Waals surface area contributed by atoms with Gasteiger partial charge in [0.1, 0.15) is 19.3 Å². The molecule has 0 aromatic rings. The summed E-state index contributed by atoms with van der Waals surface area (Å²) >= 11 is 0. The van der Waals surface area contributed by atoms with Gasteiger partial charge in [-0.15, -0.1) is 0 Å². The molecular weight excluding hydrogens is 504 g/mol. The van der Waals surface area contributed by atoms with E-state index >= 15 is 0 Å². The average Bonchev–Trinajstić information content (AvgIpc) is 2.94. The summed E-state index contributed by atoms with van der Waals surface area (Å²) in [6.45, 7) is 4.05. The summed E-state index contributed by atoms with van der Waals surface area (Å²) in [5.74, 6) is -0.643. The molecule has 0 amide bonds. The number of rotatable bonds is 28. The minimum absolute atomic E-state index is 0.141. The lowest BCUT2D eigenvalue weighted by molar-refractivity contribution is -0.152. The third-order valence-electron chi connectivity index (χ3n) is 6.74. The second kappa shape index (κ2) is 30.0. The lowest BCUT2D eigenvalue weighted by Gasteiger charge is -2.12. The molecule has 0 aromatic heterocycles. The van der Waals surface area contributed by atoms with Crippen LogP contribution in [0.5, 0.6) is 0 Å². The highest BCUT2D eigenvalue weighted by Crippen LogP contribution is 2.12. The van der Waals surface area contributed by atoms with E-state index in [1.165, 1.54) is 44.9 Å². The fraction of sp³-hybridized carbons (Fsp3) is 0.765. The SMILES string of the molecule is CC/C=C/C/C=C/C=C/C(O)CCCCCCCC(=O)OC[C@@H](O)COC(=O)CCCCCCCCCCCC. The molecule has 0 aliphatic rings. The second-order valence-corrected chi connectivity index (χ2v) is 10.8. The van der Waals surface area contributed by atoms with Crippen molar-refractivity contribution in [2.24, 2.45) is 0 Å². The van der Waals surface area contributed by atoms with Gasteiger partial charge in [0.2, 0.25) is 0 Å². The Morgan fingerprint density at radius 1 is 0.625 bits per heavy atom. The van der Waals surface area contributed by atoms with E-state index in [1.807, 2.05) is 18.2 Å². The summed E-state index contributed by atoms with van der Waals surface area (Å²) in [6, 6.07) is 0. The number of ether oxygens (including phenoxy) is 2. The summed E-state index contributed by atoms with van der Waals surface area (Å²) in [7, 11) is 0. The van der Waals surface area contributed by atoms with Crippen molar-refractivity contribution in [1.82, 2.24) is 0 Å². The fourth-order valence-corrected chi connectivity index (χ4v) is 4.27. The molecule has 0 aliphatic carbocycles. The van der Waals surface area contributed by atoms with Crippen molar-refractivity contribution in [2.75, 3.05) is 13.2 Å². The molecule has 6 heteroatoms. The topological polar surface area (TPSA) is 93.1 Å². The van der Waals surface area contributed by atoms with Gasteiger partial charge in [-0.2, -0.15) is 0 Å². The molecule has 0 rings (SSSR count). The number of hydrogen-bond donors (Lipinski definition) is 2. The van der Waals surface area contributed by atoms with Crippen LogP contribution >= 0.6 is 0 Å². The molecule has 2 N–H and O–H groups in total. The summed E-state index contributed by atoms with van der Waals surface area (Å²) in [5, 5.41) is 19.9. The first-order chi connectivity index (χ1) is 19.5. The predicted molar refractivity (Wildman–Crippen MR) is 165 cm³/mol. The molecule has 2 atom stereocenters.